The molecule has 18 heteroatoms. The second kappa shape index (κ2) is 18.0. The molecule has 2 saturated heterocycles. The van der Waals surface area contributed by atoms with E-state index in [4.69, 9.17) is 0 Å². The summed E-state index contributed by atoms with van der Waals surface area (Å²) < 4.78 is 3.36. The predicted octanol–water partition coefficient (Wildman–Crippen LogP) is 3.75. The lowest BCUT2D eigenvalue weighted by molar-refractivity contribution is -0.139. The molecule has 8 atom stereocenters. The van der Waals surface area contributed by atoms with Crippen LogP contribution < -0.4 is 21.8 Å². The van der Waals surface area contributed by atoms with Crippen molar-refractivity contribution in [1.82, 2.24) is 28.9 Å². The van der Waals surface area contributed by atoms with Gasteiger partial charge in [-0.1, -0.05) is 38.2 Å². The quantitative estimate of drug-likeness (QED) is 0.182. The van der Waals surface area contributed by atoms with E-state index in [1.807, 2.05) is 38.1 Å². The molecule has 4 aromatic heterocycles. The molecule has 4 aromatic rings. The number of anilines is 2. The average molecular weight is 857 g/mol. The number of fused-ring (bicyclic) bond motifs is 6. The maximum atomic E-state index is 13.1. The zero-order valence-electron chi connectivity index (χ0n) is 33.6. The van der Waals surface area contributed by atoms with Gasteiger partial charge in [0.15, 0.2) is 10.3 Å². The molecule has 0 aromatic carbocycles. The monoisotopic (exact) mass is 856 g/mol. The van der Waals surface area contributed by atoms with Gasteiger partial charge in [0.2, 0.25) is 23.6 Å². The van der Waals surface area contributed by atoms with Gasteiger partial charge in [-0.2, -0.15) is 0 Å². The van der Waals surface area contributed by atoms with E-state index in [1.165, 1.54) is 22.7 Å². The minimum Gasteiger partial charge on any atom is -0.396 e. The first-order valence-corrected chi connectivity index (χ1v) is 21.8. The lowest BCUT2D eigenvalue weighted by Gasteiger charge is -2.30. The summed E-state index contributed by atoms with van der Waals surface area (Å²) >= 11 is 2.58. The standard InChI is InChI=1S/2C21H24N4O4S/c2*1-3-5-12-6-7-15-17-13(10-24(15)20(12)29)14(11-26)18(25(17)16(27)4-2)19(28)23-21-22-8-9-30-21/h2*3,5-9,13-14,17-18,26H,4,10-11H2,1-2H3,(H,22,23,28)/b5-3+;5-3-/t2*13-,14-,17+,18-/m11/s1. The fraction of sp³-hybridized carbons (Fsp3) is 0.429. The first-order valence-electron chi connectivity index (χ1n) is 20.0. The van der Waals surface area contributed by atoms with E-state index in [0.717, 1.165) is 0 Å². The van der Waals surface area contributed by atoms with Crippen molar-refractivity contribution in [2.45, 2.75) is 77.8 Å². The molecule has 4 N–H and O–H groups in total. The summed E-state index contributed by atoms with van der Waals surface area (Å²) in [7, 11) is 0. The van der Waals surface area contributed by atoms with Crippen molar-refractivity contribution in [3.63, 3.8) is 0 Å². The number of likely N-dealkylation sites (tertiary alicyclic amines) is 2. The number of allylic oxidation sites excluding steroid dienone is 2. The van der Waals surface area contributed by atoms with Crippen LogP contribution in [0, 0.1) is 23.7 Å². The van der Waals surface area contributed by atoms with Crippen molar-refractivity contribution in [3.8, 4) is 0 Å². The first-order chi connectivity index (χ1) is 29.0. The third-order valence-electron chi connectivity index (χ3n) is 11.9. The van der Waals surface area contributed by atoms with Crippen LogP contribution in [0.2, 0.25) is 0 Å². The van der Waals surface area contributed by atoms with Gasteiger partial charge in [0, 0.05) is 108 Å². The van der Waals surface area contributed by atoms with Gasteiger partial charge >= 0.3 is 0 Å². The molecule has 0 bridgehead atoms. The Hall–Kier alpha value is -5.56. The van der Waals surface area contributed by atoms with Gasteiger partial charge in [-0.25, -0.2) is 9.97 Å². The molecule has 8 heterocycles. The number of thiazole rings is 2. The molecule has 316 valence electrons. The van der Waals surface area contributed by atoms with Crippen LogP contribution in [-0.2, 0) is 32.3 Å². The second-order valence-electron chi connectivity index (χ2n) is 15.0. The molecule has 2 fully saturated rings. The van der Waals surface area contributed by atoms with Gasteiger partial charge in [-0.15, -0.1) is 22.7 Å². The Morgan fingerprint density at radius 1 is 0.700 bits per heavy atom. The zero-order valence-corrected chi connectivity index (χ0v) is 35.3. The number of aliphatic hydroxyl groups is 2. The van der Waals surface area contributed by atoms with Gasteiger partial charge < -0.3 is 39.8 Å². The van der Waals surface area contributed by atoms with Crippen LogP contribution in [0.1, 0.15) is 75.1 Å². The van der Waals surface area contributed by atoms with Gasteiger partial charge in [0.1, 0.15) is 12.1 Å². The molecular weight excluding hydrogens is 809 g/mol. The molecule has 4 aliphatic heterocycles. The predicted molar refractivity (Wildman–Crippen MR) is 228 cm³/mol. The highest BCUT2D eigenvalue weighted by atomic mass is 32.1. The van der Waals surface area contributed by atoms with Crippen LogP contribution in [0.15, 0.2) is 69.2 Å². The van der Waals surface area contributed by atoms with Crippen LogP contribution in [0.4, 0.5) is 10.3 Å². The van der Waals surface area contributed by atoms with E-state index in [9.17, 15) is 39.0 Å². The Morgan fingerprint density at radius 3 is 1.42 bits per heavy atom. The molecule has 0 saturated carbocycles. The number of aliphatic hydroxyl groups excluding tert-OH is 2. The third-order valence-corrected chi connectivity index (χ3v) is 13.3. The lowest BCUT2D eigenvalue weighted by Crippen LogP contribution is -2.48. The molecule has 16 nitrogen and oxygen atoms in total. The SMILES string of the molecule is C/C=C/c1ccc2n(c1=O)C[C@@H]1[C@@H](CO)[C@H](C(=O)Nc3nccs3)N(C(=O)CC)[C@H]21.C/C=C\c1ccc2n(c1=O)C[C@@H]1[C@@H](CO)[C@H](C(=O)Nc3nccs3)N(C(=O)CC)[C@H]21. The summed E-state index contributed by atoms with van der Waals surface area (Å²) in [5.74, 6) is -2.47. The lowest BCUT2D eigenvalue weighted by atomic mass is 9.88. The summed E-state index contributed by atoms with van der Waals surface area (Å²) in [5.41, 5.74) is 2.33. The smallest absolute Gasteiger partial charge is 0.258 e. The van der Waals surface area contributed by atoms with Crippen LogP contribution in [-0.4, -0.2) is 88.0 Å². The van der Waals surface area contributed by atoms with Crippen LogP contribution in [0.5, 0.6) is 0 Å². The van der Waals surface area contributed by atoms with Crippen molar-refractivity contribution in [2.24, 2.45) is 23.7 Å². The van der Waals surface area contributed by atoms with E-state index in [1.54, 1.807) is 80.2 Å². The van der Waals surface area contributed by atoms with Crippen molar-refractivity contribution >= 4 is 68.7 Å². The molecule has 0 unspecified atom stereocenters. The molecule has 8 rings (SSSR count). The van der Waals surface area contributed by atoms with Crippen LogP contribution in [0.25, 0.3) is 12.2 Å². The number of amides is 4. The molecule has 0 aliphatic carbocycles. The van der Waals surface area contributed by atoms with Gasteiger partial charge in [-0.3, -0.25) is 28.8 Å². The number of carbonyl (C=O) groups is 4. The number of rotatable bonds is 10. The minimum atomic E-state index is -0.819. The molecule has 0 spiro atoms. The summed E-state index contributed by atoms with van der Waals surface area (Å²) in [5, 5.41) is 30.3. The third kappa shape index (κ3) is 7.45. The largest absolute Gasteiger partial charge is 0.396 e. The Morgan fingerprint density at radius 2 is 1.10 bits per heavy atom. The van der Waals surface area contributed by atoms with E-state index in [-0.39, 0.29) is 72.6 Å². The van der Waals surface area contributed by atoms with Crippen molar-refractivity contribution in [3.05, 3.63) is 103 Å². The van der Waals surface area contributed by atoms with E-state index < -0.39 is 36.0 Å². The summed E-state index contributed by atoms with van der Waals surface area (Å²) in [6, 6.07) is 4.73. The minimum absolute atomic E-state index is 0.121. The Balaban J connectivity index is 0.000000181. The van der Waals surface area contributed by atoms with Gasteiger partial charge in [0.25, 0.3) is 11.1 Å². The van der Waals surface area contributed by atoms with Crippen molar-refractivity contribution < 1.29 is 29.4 Å². The molecular formula is C42H48N8O8S2. The van der Waals surface area contributed by atoms with E-state index >= 15 is 0 Å². The Bertz CT molecular complexity index is 2260. The topological polar surface area (TPSA) is 209 Å². The highest BCUT2D eigenvalue weighted by molar-refractivity contribution is 7.14. The van der Waals surface area contributed by atoms with Crippen molar-refractivity contribution in [1.29, 1.82) is 0 Å². The number of pyridine rings is 2. The summed E-state index contributed by atoms with van der Waals surface area (Å²) in [6.07, 6.45) is 10.8. The fourth-order valence-corrected chi connectivity index (χ4v) is 10.5. The number of hydrogen-bond donors (Lipinski definition) is 4. The van der Waals surface area contributed by atoms with Crippen LogP contribution >= 0.6 is 22.7 Å². The molecule has 4 amide bonds. The number of nitrogens with one attached hydrogen (secondary N) is 2. The van der Waals surface area contributed by atoms with Gasteiger partial charge in [0.05, 0.1) is 12.1 Å². The average Bonchev–Trinajstić information content (AvgIpc) is 4.11. The normalized spacial score (nSPS) is 24.8. The highest BCUT2D eigenvalue weighted by Gasteiger charge is 2.58. The maximum absolute atomic E-state index is 13.1. The molecule has 60 heavy (non-hydrogen) atoms. The number of hydrogen-bond acceptors (Lipinski definition) is 12. The number of aromatic nitrogens is 4. The summed E-state index contributed by atoms with van der Waals surface area (Å²) in [6.45, 7) is 7.41. The number of carbonyl (C=O) groups excluding carboxylic acids is 4. The van der Waals surface area contributed by atoms with E-state index in [0.29, 0.717) is 45.9 Å². The zero-order chi connectivity index (χ0) is 42.8. The van der Waals surface area contributed by atoms with Gasteiger partial charge in [-0.05, 0) is 38.1 Å². The Kier molecular flexibility index (Phi) is 12.7. The Labute approximate surface area is 353 Å². The first kappa shape index (κ1) is 42.6. The highest BCUT2D eigenvalue weighted by Crippen LogP contribution is 2.51. The second-order valence-corrected chi connectivity index (χ2v) is 16.8. The maximum Gasteiger partial charge on any atom is 0.258 e. The van der Waals surface area contributed by atoms with E-state index in [2.05, 4.69) is 20.6 Å². The molecule has 4 aliphatic rings. The van der Waals surface area contributed by atoms with Crippen LogP contribution in [0.3, 0.4) is 0 Å². The van der Waals surface area contributed by atoms with Crippen molar-refractivity contribution in [2.75, 3.05) is 23.8 Å². The number of nitrogens with zero attached hydrogens (tertiary/aromatic N) is 6. The fourth-order valence-electron chi connectivity index (χ4n) is 9.48. The summed E-state index contributed by atoms with van der Waals surface area (Å²) in [4.78, 5) is 89.3. The molecule has 0 radical (unpaired) electrons.